The summed E-state index contributed by atoms with van der Waals surface area (Å²) >= 11 is 9.73. The second-order valence-corrected chi connectivity index (χ2v) is 8.98. The Labute approximate surface area is 170 Å². The van der Waals surface area contributed by atoms with Crippen molar-refractivity contribution in [3.05, 3.63) is 21.6 Å². The SMILES string of the molecule is CC(C)(C)OC(=O)N1CCN2c3c(nnc4cc(Br)c(Cl)cc34)OC[C@H]2C1. The van der Waals surface area contributed by atoms with Gasteiger partial charge >= 0.3 is 6.09 Å². The van der Waals surface area contributed by atoms with Gasteiger partial charge in [0.1, 0.15) is 17.9 Å². The summed E-state index contributed by atoms with van der Waals surface area (Å²) in [6.07, 6.45) is -0.294. The van der Waals surface area contributed by atoms with E-state index in [0.717, 1.165) is 21.1 Å². The van der Waals surface area contributed by atoms with Crippen LogP contribution in [0.4, 0.5) is 10.5 Å². The van der Waals surface area contributed by atoms with E-state index in [1.54, 1.807) is 4.90 Å². The third-order valence-corrected chi connectivity index (χ3v) is 5.78. The van der Waals surface area contributed by atoms with Gasteiger partial charge < -0.3 is 19.3 Å². The van der Waals surface area contributed by atoms with E-state index in [2.05, 4.69) is 31.0 Å². The molecule has 0 saturated carbocycles. The zero-order chi connectivity index (χ0) is 19.3. The summed E-state index contributed by atoms with van der Waals surface area (Å²) in [4.78, 5) is 16.4. The Kier molecular flexibility index (Phi) is 4.58. The molecule has 0 radical (unpaired) electrons. The van der Waals surface area contributed by atoms with Gasteiger partial charge in [0.2, 0.25) is 0 Å². The van der Waals surface area contributed by atoms with Crippen LogP contribution in [-0.2, 0) is 4.74 Å². The van der Waals surface area contributed by atoms with E-state index in [0.29, 0.717) is 37.1 Å². The van der Waals surface area contributed by atoms with Gasteiger partial charge in [-0.05, 0) is 48.8 Å². The molecule has 1 aromatic carbocycles. The number of benzene rings is 1. The van der Waals surface area contributed by atoms with Crippen molar-refractivity contribution in [1.29, 1.82) is 0 Å². The molecule has 1 amide bonds. The van der Waals surface area contributed by atoms with Crippen LogP contribution in [0, 0.1) is 0 Å². The average molecular weight is 456 g/mol. The van der Waals surface area contributed by atoms with Gasteiger partial charge in [0, 0.05) is 29.5 Å². The second-order valence-electron chi connectivity index (χ2n) is 7.72. The van der Waals surface area contributed by atoms with Crippen molar-refractivity contribution in [2.45, 2.75) is 32.4 Å². The highest BCUT2D eigenvalue weighted by atomic mass is 79.9. The summed E-state index contributed by atoms with van der Waals surface area (Å²) in [6.45, 7) is 7.81. The summed E-state index contributed by atoms with van der Waals surface area (Å²) in [5.41, 5.74) is 1.11. The summed E-state index contributed by atoms with van der Waals surface area (Å²) in [7, 11) is 0. The molecule has 2 aromatic rings. The molecule has 0 spiro atoms. The van der Waals surface area contributed by atoms with E-state index in [1.165, 1.54) is 0 Å². The van der Waals surface area contributed by atoms with Crippen molar-refractivity contribution in [3.8, 4) is 5.88 Å². The molecule has 0 aliphatic carbocycles. The number of halogens is 2. The minimum absolute atomic E-state index is 0.0218. The van der Waals surface area contributed by atoms with Gasteiger partial charge in [-0.15, -0.1) is 10.2 Å². The predicted molar refractivity (Wildman–Crippen MR) is 107 cm³/mol. The molecular formula is C18H20BrClN4O3. The molecule has 0 unspecified atom stereocenters. The van der Waals surface area contributed by atoms with Crippen LogP contribution >= 0.6 is 27.5 Å². The molecule has 2 aliphatic heterocycles. The standard InChI is InChI=1S/C18H20BrClN4O3/c1-18(2,3)27-17(25)23-4-5-24-10(8-23)9-26-16-15(24)11-6-13(20)12(19)7-14(11)21-22-16/h6-7,10H,4-5,8-9H2,1-3H3/t10-/m1/s1. The number of hydrogen-bond acceptors (Lipinski definition) is 6. The highest BCUT2D eigenvalue weighted by Gasteiger charge is 2.37. The van der Waals surface area contributed by atoms with Gasteiger partial charge in [-0.1, -0.05) is 11.6 Å². The van der Waals surface area contributed by atoms with Crippen molar-refractivity contribution in [3.63, 3.8) is 0 Å². The number of rotatable bonds is 0. The zero-order valence-corrected chi connectivity index (χ0v) is 17.7. The summed E-state index contributed by atoms with van der Waals surface area (Å²) in [6, 6.07) is 3.75. The lowest BCUT2D eigenvalue weighted by molar-refractivity contribution is 0.0194. The first-order valence-corrected chi connectivity index (χ1v) is 9.93. The molecule has 7 nitrogen and oxygen atoms in total. The molecule has 1 fully saturated rings. The maximum Gasteiger partial charge on any atom is 0.410 e. The van der Waals surface area contributed by atoms with Crippen LogP contribution in [0.15, 0.2) is 16.6 Å². The van der Waals surface area contributed by atoms with Crippen LogP contribution in [0.3, 0.4) is 0 Å². The van der Waals surface area contributed by atoms with Gasteiger partial charge in [-0.3, -0.25) is 0 Å². The molecule has 3 heterocycles. The van der Waals surface area contributed by atoms with Gasteiger partial charge in [-0.25, -0.2) is 4.79 Å². The van der Waals surface area contributed by atoms with Gasteiger partial charge in [0.25, 0.3) is 5.88 Å². The maximum atomic E-state index is 12.4. The minimum Gasteiger partial charge on any atom is -0.473 e. The topological polar surface area (TPSA) is 67.8 Å². The number of anilines is 1. The molecule has 0 N–H and O–H groups in total. The largest absolute Gasteiger partial charge is 0.473 e. The van der Waals surface area contributed by atoms with Crippen LogP contribution in [0.1, 0.15) is 20.8 Å². The Hall–Kier alpha value is -1.80. The fraction of sp³-hybridized carbons (Fsp3) is 0.500. The van der Waals surface area contributed by atoms with Crippen molar-refractivity contribution < 1.29 is 14.3 Å². The van der Waals surface area contributed by atoms with Crippen LogP contribution in [-0.4, -0.2) is 59.1 Å². The first kappa shape index (κ1) is 18.6. The van der Waals surface area contributed by atoms with Crippen LogP contribution in [0.5, 0.6) is 5.88 Å². The summed E-state index contributed by atoms with van der Waals surface area (Å²) in [5, 5.41) is 9.97. The molecule has 4 rings (SSSR count). The second kappa shape index (κ2) is 6.67. The number of amides is 1. The molecule has 9 heteroatoms. The van der Waals surface area contributed by atoms with Crippen LogP contribution in [0.2, 0.25) is 5.02 Å². The summed E-state index contributed by atoms with van der Waals surface area (Å²) in [5.74, 6) is 0.503. The third kappa shape index (κ3) is 3.52. The number of carbonyl (C=O) groups excluding carboxylic acids is 1. The lowest BCUT2D eigenvalue weighted by atomic mass is 10.1. The maximum absolute atomic E-state index is 12.4. The number of fused-ring (bicyclic) bond motifs is 5. The van der Waals surface area contributed by atoms with Crippen molar-refractivity contribution in [1.82, 2.24) is 15.1 Å². The van der Waals surface area contributed by atoms with Gasteiger partial charge in [0.15, 0.2) is 0 Å². The van der Waals surface area contributed by atoms with E-state index < -0.39 is 5.60 Å². The Morgan fingerprint density at radius 2 is 2.11 bits per heavy atom. The Balaban J connectivity index is 1.64. The monoisotopic (exact) mass is 454 g/mol. The minimum atomic E-state index is -0.514. The van der Waals surface area contributed by atoms with E-state index in [1.807, 2.05) is 32.9 Å². The normalized spacial score (nSPS) is 19.4. The number of piperazine rings is 1. The predicted octanol–water partition coefficient (Wildman–Crippen LogP) is 3.86. The van der Waals surface area contributed by atoms with E-state index in [-0.39, 0.29) is 12.1 Å². The zero-order valence-electron chi connectivity index (χ0n) is 15.3. The molecule has 1 aromatic heterocycles. The molecule has 1 atom stereocenters. The highest BCUT2D eigenvalue weighted by Crippen LogP contribution is 2.41. The Morgan fingerprint density at radius 1 is 1.33 bits per heavy atom. The van der Waals surface area contributed by atoms with Crippen LogP contribution in [0.25, 0.3) is 10.9 Å². The molecule has 0 bridgehead atoms. The quantitative estimate of drug-likeness (QED) is 0.601. The fourth-order valence-corrected chi connectivity index (χ4v) is 3.90. The first-order valence-electron chi connectivity index (χ1n) is 8.76. The highest BCUT2D eigenvalue weighted by molar-refractivity contribution is 9.10. The van der Waals surface area contributed by atoms with E-state index in [9.17, 15) is 4.79 Å². The molecule has 144 valence electrons. The Bertz CT molecular complexity index is 918. The summed E-state index contributed by atoms with van der Waals surface area (Å²) < 4.78 is 12.1. The number of hydrogen-bond donors (Lipinski definition) is 0. The van der Waals surface area contributed by atoms with Gasteiger partial charge in [0.05, 0.1) is 16.6 Å². The lowest BCUT2D eigenvalue weighted by Crippen LogP contribution is -2.59. The lowest BCUT2D eigenvalue weighted by Gasteiger charge is -2.45. The average Bonchev–Trinajstić information content (AvgIpc) is 2.60. The van der Waals surface area contributed by atoms with E-state index >= 15 is 0 Å². The van der Waals surface area contributed by atoms with Crippen LogP contribution < -0.4 is 9.64 Å². The smallest absolute Gasteiger partial charge is 0.410 e. The number of carbonyl (C=O) groups is 1. The Morgan fingerprint density at radius 3 is 2.85 bits per heavy atom. The molecule has 1 saturated heterocycles. The van der Waals surface area contributed by atoms with Crippen molar-refractivity contribution in [2.75, 3.05) is 31.1 Å². The number of nitrogens with zero attached hydrogens (tertiary/aromatic N) is 4. The number of ether oxygens (including phenoxy) is 2. The molecular weight excluding hydrogens is 436 g/mol. The number of aromatic nitrogens is 2. The van der Waals surface area contributed by atoms with E-state index in [4.69, 9.17) is 21.1 Å². The molecule has 2 aliphatic rings. The van der Waals surface area contributed by atoms with Gasteiger partial charge in [-0.2, -0.15) is 0 Å². The third-order valence-electron chi connectivity index (χ3n) is 4.58. The first-order chi connectivity index (χ1) is 12.7. The fourth-order valence-electron chi connectivity index (χ4n) is 3.41. The van der Waals surface area contributed by atoms with Crippen molar-refractivity contribution >= 4 is 50.2 Å². The van der Waals surface area contributed by atoms with Crippen molar-refractivity contribution in [2.24, 2.45) is 0 Å². The molecule has 27 heavy (non-hydrogen) atoms.